The second-order valence-corrected chi connectivity index (χ2v) is 7.05. The Bertz CT molecular complexity index is 751. The van der Waals surface area contributed by atoms with Crippen molar-refractivity contribution in [3.8, 4) is 0 Å². The Labute approximate surface area is 134 Å². The van der Waals surface area contributed by atoms with Gasteiger partial charge in [-0.3, -0.25) is 9.52 Å². The quantitative estimate of drug-likeness (QED) is 0.606. The molecule has 0 spiro atoms. The summed E-state index contributed by atoms with van der Waals surface area (Å²) in [6.45, 7) is 1.64. The van der Waals surface area contributed by atoms with Crippen molar-refractivity contribution in [2.75, 3.05) is 0 Å². The molecule has 0 saturated carbocycles. The smallest absolute Gasteiger partial charge is 0.308 e. The summed E-state index contributed by atoms with van der Waals surface area (Å²) in [5.74, 6) is -1.54. The topological polar surface area (TPSA) is 116 Å². The van der Waals surface area contributed by atoms with E-state index < -0.39 is 28.1 Å². The summed E-state index contributed by atoms with van der Waals surface area (Å²) in [6.07, 6.45) is 2.23. The van der Waals surface area contributed by atoms with Crippen LogP contribution in [0.3, 0.4) is 0 Å². The highest BCUT2D eigenvalue weighted by Gasteiger charge is 2.38. The van der Waals surface area contributed by atoms with Gasteiger partial charge in [0.05, 0.1) is 17.9 Å². The first-order valence-electron chi connectivity index (χ1n) is 6.86. The number of sulfonamides is 1. The molecule has 1 atom stereocenters. The summed E-state index contributed by atoms with van der Waals surface area (Å²) in [7, 11) is -3.80. The van der Waals surface area contributed by atoms with E-state index >= 15 is 0 Å². The predicted molar refractivity (Wildman–Crippen MR) is 84.4 cm³/mol. The lowest BCUT2D eigenvalue weighted by Gasteiger charge is -2.34. The maximum atomic E-state index is 12.3. The molecule has 1 heterocycles. The zero-order valence-electron chi connectivity index (χ0n) is 12.5. The van der Waals surface area contributed by atoms with Crippen LogP contribution < -0.4 is 10.0 Å². The fraction of sp³-hybridized carbons (Fsp3) is 0.267. The highest BCUT2D eigenvalue weighted by atomic mass is 32.2. The molecule has 0 amide bonds. The molecular weight excluding hydrogens is 320 g/mol. The van der Waals surface area contributed by atoms with Crippen LogP contribution >= 0.6 is 0 Å². The van der Waals surface area contributed by atoms with Gasteiger partial charge in [0, 0.05) is 5.70 Å². The Morgan fingerprint density at radius 3 is 2.52 bits per heavy atom. The number of hydrogen-bond acceptors (Lipinski definition) is 5. The van der Waals surface area contributed by atoms with Crippen LogP contribution in [0.4, 0.5) is 0 Å². The van der Waals surface area contributed by atoms with Crippen LogP contribution in [0.5, 0.6) is 0 Å². The highest BCUT2D eigenvalue weighted by Crippen LogP contribution is 2.23. The van der Waals surface area contributed by atoms with Gasteiger partial charge in [0.2, 0.25) is 10.0 Å². The first-order valence-corrected chi connectivity index (χ1v) is 8.51. The third-order valence-electron chi connectivity index (χ3n) is 3.22. The van der Waals surface area contributed by atoms with Gasteiger partial charge in [-0.25, -0.2) is 8.42 Å². The molecule has 124 valence electrons. The fourth-order valence-electron chi connectivity index (χ4n) is 2.26. The van der Waals surface area contributed by atoms with E-state index in [1.807, 2.05) is 0 Å². The Morgan fingerprint density at radius 1 is 1.26 bits per heavy atom. The lowest BCUT2D eigenvalue weighted by molar-refractivity contribution is -0.142. The van der Waals surface area contributed by atoms with E-state index in [-0.39, 0.29) is 11.4 Å². The number of benzene rings is 1. The van der Waals surface area contributed by atoms with Crippen molar-refractivity contribution in [2.45, 2.75) is 24.8 Å². The normalized spacial score (nSPS) is 21.0. The molecule has 1 aliphatic rings. The highest BCUT2D eigenvalue weighted by molar-refractivity contribution is 7.88. The summed E-state index contributed by atoms with van der Waals surface area (Å²) < 4.78 is 26.8. The molecule has 0 aliphatic carbocycles. The molecule has 7 nitrogen and oxygen atoms in total. The van der Waals surface area contributed by atoms with Gasteiger partial charge in [-0.1, -0.05) is 30.3 Å². The van der Waals surface area contributed by atoms with Gasteiger partial charge in [0.1, 0.15) is 0 Å². The number of rotatable bonds is 6. The third-order valence-corrected chi connectivity index (χ3v) is 4.47. The Hall–Kier alpha value is -2.32. The molecule has 1 aromatic carbocycles. The van der Waals surface area contributed by atoms with Crippen molar-refractivity contribution in [1.29, 1.82) is 0 Å². The lowest BCUT2D eigenvalue weighted by Crippen LogP contribution is -2.53. The summed E-state index contributed by atoms with van der Waals surface area (Å²) in [5.41, 5.74) is -1.02. The van der Waals surface area contributed by atoms with Gasteiger partial charge < -0.3 is 15.5 Å². The molecule has 2 rings (SSSR count). The minimum atomic E-state index is -3.80. The van der Waals surface area contributed by atoms with E-state index in [1.54, 1.807) is 43.3 Å². The second kappa shape index (κ2) is 6.43. The molecule has 0 aromatic heterocycles. The molecule has 0 fully saturated rings. The van der Waals surface area contributed by atoms with Crippen LogP contribution in [-0.4, -0.2) is 30.3 Å². The largest absolute Gasteiger partial charge is 0.481 e. The molecule has 8 heteroatoms. The first kappa shape index (κ1) is 17.0. The monoisotopic (exact) mass is 338 g/mol. The van der Waals surface area contributed by atoms with Crippen LogP contribution in [0, 0.1) is 0 Å². The molecule has 4 N–H and O–H groups in total. The van der Waals surface area contributed by atoms with Crippen LogP contribution in [0.15, 0.2) is 53.9 Å². The molecule has 23 heavy (non-hydrogen) atoms. The van der Waals surface area contributed by atoms with Gasteiger partial charge in [-0.15, -0.1) is 0 Å². The average Bonchev–Trinajstić information content (AvgIpc) is 2.41. The number of nitrogens with one attached hydrogen (secondary N) is 2. The number of aliphatic carboxylic acids is 1. The third kappa shape index (κ3) is 4.57. The van der Waals surface area contributed by atoms with Crippen LogP contribution in [0.1, 0.15) is 18.9 Å². The van der Waals surface area contributed by atoms with Gasteiger partial charge in [0.15, 0.2) is 5.72 Å². The van der Waals surface area contributed by atoms with E-state index in [2.05, 4.69) is 10.0 Å². The maximum absolute atomic E-state index is 12.3. The van der Waals surface area contributed by atoms with Gasteiger partial charge >= 0.3 is 5.97 Å². The van der Waals surface area contributed by atoms with Gasteiger partial charge in [-0.2, -0.15) is 0 Å². The molecular formula is C15H18N2O5S. The minimum Gasteiger partial charge on any atom is -0.481 e. The Kier molecular flexibility index (Phi) is 4.76. The van der Waals surface area contributed by atoms with Gasteiger partial charge in [0.25, 0.3) is 0 Å². The van der Waals surface area contributed by atoms with Crippen LogP contribution in [0.25, 0.3) is 0 Å². The van der Waals surface area contributed by atoms with Crippen LogP contribution in [0.2, 0.25) is 0 Å². The number of carboxylic acid groups (broad SMARTS) is 1. The fourth-order valence-corrected chi connectivity index (χ4v) is 3.53. The number of hydrogen-bond donors (Lipinski definition) is 4. The van der Waals surface area contributed by atoms with E-state index in [9.17, 15) is 18.3 Å². The van der Waals surface area contributed by atoms with E-state index in [0.717, 1.165) is 0 Å². The lowest BCUT2D eigenvalue weighted by atomic mass is 10.0. The summed E-state index contributed by atoms with van der Waals surface area (Å²) >= 11 is 0. The van der Waals surface area contributed by atoms with Crippen molar-refractivity contribution < 1.29 is 23.4 Å². The van der Waals surface area contributed by atoms with Crippen molar-refractivity contribution in [1.82, 2.24) is 10.0 Å². The number of carbonyl (C=O) groups is 1. The Balaban J connectivity index is 2.23. The number of aliphatic hydroxyl groups is 1. The molecule has 0 radical (unpaired) electrons. The molecule has 0 bridgehead atoms. The molecule has 1 unspecified atom stereocenters. The number of dihydropyridines is 1. The average molecular weight is 338 g/mol. The summed E-state index contributed by atoms with van der Waals surface area (Å²) in [5, 5.41) is 22.0. The summed E-state index contributed by atoms with van der Waals surface area (Å²) in [6, 6.07) is 8.55. The van der Waals surface area contributed by atoms with Crippen molar-refractivity contribution in [3.63, 3.8) is 0 Å². The van der Waals surface area contributed by atoms with Crippen molar-refractivity contribution >= 4 is 16.0 Å². The zero-order chi connectivity index (χ0) is 17.1. The number of carboxylic acids is 1. The van der Waals surface area contributed by atoms with E-state index in [0.29, 0.717) is 11.3 Å². The molecule has 0 saturated heterocycles. The Morgan fingerprint density at radius 2 is 1.91 bits per heavy atom. The minimum absolute atomic E-state index is 0.124. The van der Waals surface area contributed by atoms with E-state index in [1.165, 1.54) is 6.08 Å². The summed E-state index contributed by atoms with van der Waals surface area (Å²) in [4.78, 5) is 11.0. The SMILES string of the molecule is CC1=CC=C(NS(=O)(=O)Cc2ccccc2)C(O)(CC(=O)O)N1. The van der Waals surface area contributed by atoms with Gasteiger partial charge in [-0.05, 0) is 24.6 Å². The first-order chi connectivity index (χ1) is 10.7. The number of allylic oxidation sites excluding steroid dienone is 3. The predicted octanol–water partition coefficient (Wildman–Crippen LogP) is 0.660. The zero-order valence-corrected chi connectivity index (χ0v) is 13.3. The van der Waals surface area contributed by atoms with Crippen molar-refractivity contribution in [3.05, 3.63) is 59.4 Å². The standard InChI is InChI=1S/C15H18N2O5S/c1-11-7-8-13(15(20,16-11)9-14(18)19)17-23(21,22)10-12-5-3-2-4-6-12/h2-8,16-17,20H,9-10H2,1H3,(H,18,19). The van der Waals surface area contributed by atoms with Crippen molar-refractivity contribution in [2.24, 2.45) is 0 Å². The molecule has 1 aliphatic heterocycles. The van der Waals surface area contributed by atoms with E-state index in [4.69, 9.17) is 5.11 Å². The second-order valence-electron chi connectivity index (χ2n) is 5.33. The maximum Gasteiger partial charge on any atom is 0.308 e. The van der Waals surface area contributed by atoms with Crippen LogP contribution in [-0.2, 0) is 20.6 Å². The molecule has 1 aromatic rings.